The molecule has 1 unspecified atom stereocenters. The van der Waals surface area contributed by atoms with Gasteiger partial charge in [0.1, 0.15) is 0 Å². The molecule has 4 rings (SSSR count). The molecule has 3 aliphatic rings. The van der Waals surface area contributed by atoms with E-state index in [9.17, 15) is 19.5 Å². The Kier molecular flexibility index (Phi) is 12.0. The van der Waals surface area contributed by atoms with Gasteiger partial charge < -0.3 is 38.9 Å². The van der Waals surface area contributed by atoms with Gasteiger partial charge in [-0.05, 0) is 70.4 Å². The monoisotopic (exact) mass is 617 g/mol. The predicted octanol–water partition coefficient (Wildman–Crippen LogP) is 3.01. The lowest BCUT2D eigenvalue weighted by Gasteiger charge is -2.35. The molecule has 12 nitrogen and oxygen atoms in total. The van der Waals surface area contributed by atoms with Crippen LogP contribution < -0.4 is 14.2 Å². The van der Waals surface area contributed by atoms with E-state index in [1.54, 1.807) is 24.0 Å². The van der Waals surface area contributed by atoms with Crippen molar-refractivity contribution in [3.8, 4) is 17.2 Å². The number of hydrogen-bond acceptors (Lipinski definition) is 8. The van der Waals surface area contributed by atoms with E-state index < -0.39 is 23.8 Å². The number of carbonyl (C=O) groups excluding carboxylic acids is 2. The van der Waals surface area contributed by atoms with Gasteiger partial charge in [-0.3, -0.25) is 14.5 Å². The molecule has 0 saturated carbocycles. The molecule has 1 N–H and O–H groups in total. The largest absolute Gasteiger partial charge is 0.493 e. The minimum absolute atomic E-state index is 0.0233. The van der Waals surface area contributed by atoms with Gasteiger partial charge in [-0.25, -0.2) is 4.79 Å². The van der Waals surface area contributed by atoms with Crippen LogP contribution in [-0.2, 0) is 9.59 Å². The Labute approximate surface area is 261 Å². The molecule has 3 aliphatic heterocycles. The molecule has 0 bridgehead atoms. The summed E-state index contributed by atoms with van der Waals surface area (Å²) in [4.78, 5) is 49.3. The third-order valence-electron chi connectivity index (χ3n) is 9.11. The molecule has 3 amide bonds. The number of rotatable bonds is 16. The summed E-state index contributed by atoms with van der Waals surface area (Å²) in [6.07, 6.45) is 5.16. The van der Waals surface area contributed by atoms with Gasteiger partial charge in [-0.15, -0.1) is 0 Å². The molecule has 1 aromatic rings. The number of hydrogen-bond donors (Lipinski definition) is 1. The molecule has 1 aromatic carbocycles. The molecule has 2 fully saturated rings. The van der Waals surface area contributed by atoms with Gasteiger partial charge in [-0.1, -0.05) is 13.3 Å². The van der Waals surface area contributed by atoms with Gasteiger partial charge >= 0.3 is 12.0 Å². The zero-order chi connectivity index (χ0) is 31.8. The third-order valence-corrected chi connectivity index (χ3v) is 9.11. The van der Waals surface area contributed by atoms with E-state index in [1.807, 2.05) is 36.0 Å². The molecule has 0 aliphatic carbocycles. The molecule has 0 radical (unpaired) electrons. The van der Waals surface area contributed by atoms with Crippen LogP contribution in [0.2, 0.25) is 0 Å². The number of methoxy groups -OCH3 is 1. The molecule has 44 heavy (non-hydrogen) atoms. The standard InChI is InChI=1S/C32H51N5O7/c1-6-7-14-35(15-9-8-12-33(2)3)28(38)21-37-20-24(23-18-26(42-5)30-27(19-23)43-22-44-30)29(31(39)40)25(37)11-17-36-16-10-13-34(4)32(36)41/h18-19,24-25,29H,6-17,20-22H2,1-5H3,(H,39,40)/t24-,25+,29?/m1/s1. The molecular formula is C32H51N5O7. The van der Waals surface area contributed by atoms with E-state index in [0.29, 0.717) is 62.9 Å². The number of unbranched alkanes of at least 4 members (excludes halogenated alkanes) is 2. The normalized spacial score (nSPS) is 21.8. The Bertz CT molecular complexity index is 1150. The van der Waals surface area contributed by atoms with Crippen LogP contribution in [0.25, 0.3) is 0 Å². The first-order valence-electron chi connectivity index (χ1n) is 16.0. The highest BCUT2D eigenvalue weighted by atomic mass is 16.7. The number of likely N-dealkylation sites (tertiary alicyclic amines) is 1. The Morgan fingerprint density at radius 3 is 2.55 bits per heavy atom. The molecule has 0 spiro atoms. The van der Waals surface area contributed by atoms with Gasteiger partial charge in [0.25, 0.3) is 0 Å². The number of aliphatic carboxylic acids is 1. The summed E-state index contributed by atoms with van der Waals surface area (Å²) < 4.78 is 16.8. The summed E-state index contributed by atoms with van der Waals surface area (Å²) in [6.45, 7) is 6.86. The van der Waals surface area contributed by atoms with Crippen molar-refractivity contribution in [1.29, 1.82) is 0 Å². The number of nitrogens with zero attached hydrogens (tertiary/aromatic N) is 5. The Balaban J connectivity index is 1.59. The Hall–Kier alpha value is -3.25. The van der Waals surface area contributed by atoms with Crippen molar-refractivity contribution < 1.29 is 33.7 Å². The first-order chi connectivity index (χ1) is 21.1. The lowest BCUT2D eigenvalue weighted by molar-refractivity contribution is -0.144. The van der Waals surface area contributed by atoms with E-state index in [-0.39, 0.29) is 25.3 Å². The van der Waals surface area contributed by atoms with Crippen molar-refractivity contribution in [2.75, 3.05) is 87.4 Å². The number of fused-ring (bicyclic) bond motifs is 1. The highest BCUT2D eigenvalue weighted by Gasteiger charge is 2.48. The minimum Gasteiger partial charge on any atom is -0.493 e. The Morgan fingerprint density at radius 1 is 1.09 bits per heavy atom. The summed E-state index contributed by atoms with van der Waals surface area (Å²) in [5, 5.41) is 10.6. The average molecular weight is 618 g/mol. The van der Waals surface area contributed by atoms with Gasteiger partial charge in [0, 0.05) is 58.3 Å². The van der Waals surface area contributed by atoms with E-state index >= 15 is 0 Å². The second kappa shape index (κ2) is 15.7. The van der Waals surface area contributed by atoms with Crippen LogP contribution in [0, 0.1) is 5.92 Å². The quantitative estimate of drug-likeness (QED) is 0.280. The van der Waals surface area contributed by atoms with E-state index in [4.69, 9.17) is 14.2 Å². The van der Waals surface area contributed by atoms with Crippen molar-refractivity contribution in [2.24, 2.45) is 5.92 Å². The van der Waals surface area contributed by atoms with Crippen LogP contribution in [0.15, 0.2) is 12.1 Å². The SMILES string of the molecule is CCCCN(CCCCN(C)C)C(=O)CN1C[C@H](c2cc(OC)c3c(c2)OCO3)C(C(=O)O)[C@@H]1CCN1CCCN(C)C1=O. The number of benzene rings is 1. The zero-order valence-electron chi connectivity index (χ0n) is 27.1. The fourth-order valence-electron chi connectivity index (χ4n) is 6.70. The molecule has 246 valence electrons. The Morgan fingerprint density at radius 2 is 1.84 bits per heavy atom. The third kappa shape index (κ3) is 8.06. The van der Waals surface area contributed by atoms with Crippen LogP contribution >= 0.6 is 0 Å². The summed E-state index contributed by atoms with van der Waals surface area (Å²) in [6, 6.07) is 3.21. The van der Waals surface area contributed by atoms with Gasteiger partial charge in [0.15, 0.2) is 11.5 Å². The zero-order valence-corrected chi connectivity index (χ0v) is 27.1. The lowest BCUT2D eigenvalue weighted by Crippen LogP contribution is -2.50. The van der Waals surface area contributed by atoms with Crippen LogP contribution in [0.3, 0.4) is 0 Å². The van der Waals surface area contributed by atoms with E-state index in [1.165, 1.54) is 0 Å². The number of urea groups is 1. The topological polar surface area (TPSA) is 115 Å². The van der Waals surface area contributed by atoms with Gasteiger partial charge in [-0.2, -0.15) is 0 Å². The summed E-state index contributed by atoms with van der Waals surface area (Å²) in [5.74, 6) is -0.545. The van der Waals surface area contributed by atoms with Crippen LogP contribution in [-0.4, -0.2) is 141 Å². The number of carbonyl (C=O) groups is 3. The fraction of sp³-hybridized carbons (Fsp3) is 0.719. The second-order valence-electron chi connectivity index (χ2n) is 12.5. The number of carboxylic acids is 1. The lowest BCUT2D eigenvalue weighted by atomic mass is 9.84. The van der Waals surface area contributed by atoms with Crippen molar-refractivity contribution >= 4 is 17.9 Å². The number of amides is 3. The first-order valence-corrected chi connectivity index (χ1v) is 16.0. The highest BCUT2D eigenvalue weighted by Crippen LogP contribution is 2.47. The van der Waals surface area contributed by atoms with Crippen LogP contribution in [0.5, 0.6) is 17.2 Å². The highest BCUT2D eigenvalue weighted by molar-refractivity contribution is 5.79. The number of carboxylic acid groups (broad SMARTS) is 1. The smallest absolute Gasteiger partial charge is 0.319 e. The van der Waals surface area contributed by atoms with E-state index in [2.05, 4.69) is 11.8 Å². The summed E-state index contributed by atoms with van der Waals surface area (Å²) in [7, 11) is 7.44. The van der Waals surface area contributed by atoms with Crippen LogP contribution in [0.1, 0.15) is 56.9 Å². The first kappa shape index (κ1) is 33.6. The maximum absolute atomic E-state index is 13.9. The predicted molar refractivity (Wildman–Crippen MR) is 166 cm³/mol. The van der Waals surface area contributed by atoms with Gasteiger partial charge in [0.05, 0.1) is 19.6 Å². The molecule has 2 saturated heterocycles. The summed E-state index contributed by atoms with van der Waals surface area (Å²) in [5.41, 5.74) is 0.777. The second-order valence-corrected chi connectivity index (χ2v) is 12.5. The fourth-order valence-corrected chi connectivity index (χ4v) is 6.70. The van der Waals surface area contributed by atoms with Crippen molar-refractivity contribution in [3.05, 3.63) is 17.7 Å². The molecule has 3 heterocycles. The van der Waals surface area contributed by atoms with Crippen molar-refractivity contribution in [3.63, 3.8) is 0 Å². The van der Waals surface area contributed by atoms with Crippen molar-refractivity contribution in [2.45, 2.75) is 57.4 Å². The minimum atomic E-state index is -0.916. The summed E-state index contributed by atoms with van der Waals surface area (Å²) >= 11 is 0. The maximum Gasteiger partial charge on any atom is 0.319 e. The molecule has 0 aromatic heterocycles. The average Bonchev–Trinajstić information content (AvgIpc) is 3.61. The van der Waals surface area contributed by atoms with Gasteiger partial charge in [0.2, 0.25) is 18.4 Å². The van der Waals surface area contributed by atoms with Crippen molar-refractivity contribution in [1.82, 2.24) is 24.5 Å². The molecule has 3 atom stereocenters. The van der Waals surface area contributed by atoms with E-state index in [0.717, 1.165) is 44.2 Å². The molecular weight excluding hydrogens is 566 g/mol. The number of ether oxygens (including phenoxy) is 3. The molecule has 12 heteroatoms. The van der Waals surface area contributed by atoms with Crippen LogP contribution in [0.4, 0.5) is 4.79 Å². The maximum atomic E-state index is 13.9.